The highest BCUT2D eigenvalue weighted by atomic mass is 32.2. The lowest BCUT2D eigenvalue weighted by molar-refractivity contribution is 0.00925. The van der Waals surface area contributed by atoms with Gasteiger partial charge in [0.15, 0.2) is 0 Å². The second-order valence-electron chi connectivity index (χ2n) is 5.29. The molecule has 2 unspecified atom stereocenters. The second-order valence-corrected chi connectivity index (χ2v) is 6.82. The van der Waals surface area contributed by atoms with Gasteiger partial charge in [0, 0.05) is 18.3 Å². The summed E-state index contributed by atoms with van der Waals surface area (Å²) in [4.78, 5) is 0.182. The minimum absolute atomic E-state index is 0.182. The first-order valence-electron chi connectivity index (χ1n) is 6.91. The molecule has 1 aromatic rings. The summed E-state index contributed by atoms with van der Waals surface area (Å²) in [5, 5.41) is 8.61. The maximum atomic E-state index is 11.5. The van der Waals surface area contributed by atoms with Crippen molar-refractivity contribution in [1.82, 2.24) is 0 Å². The molecule has 1 fully saturated rings. The van der Waals surface area contributed by atoms with Crippen molar-refractivity contribution in [3.8, 4) is 0 Å². The molecule has 5 nitrogen and oxygen atoms in total. The van der Waals surface area contributed by atoms with Crippen LogP contribution in [0.1, 0.15) is 31.7 Å². The minimum atomic E-state index is -3.68. The zero-order chi connectivity index (χ0) is 14.8. The molecule has 0 amide bonds. The fourth-order valence-corrected chi connectivity index (χ4v) is 3.34. The predicted octanol–water partition coefficient (Wildman–Crippen LogP) is 2.01. The van der Waals surface area contributed by atoms with Gasteiger partial charge in [-0.1, -0.05) is 13.0 Å². The quantitative estimate of drug-likeness (QED) is 0.891. The molecule has 20 heavy (non-hydrogen) atoms. The molecule has 6 heteroatoms. The van der Waals surface area contributed by atoms with E-state index in [1.54, 1.807) is 19.1 Å². The third kappa shape index (κ3) is 3.71. The number of aryl methyl sites for hydroxylation is 1. The average molecular weight is 298 g/mol. The number of ether oxygens (including phenoxy) is 1. The average Bonchev–Trinajstić information content (AvgIpc) is 2.40. The van der Waals surface area contributed by atoms with Gasteiger partial charge in [-0.3, -0.25) is 0 Å². The summed E-state index contributed by atoms with van der Waals surface area (Å²) in [5.74, 6) is 0. The third-order valence-corrected chi connectivity index (χ3v) is 4.74. The smallest absolute Gasteiger partial charge is 0.238 e. The second kappa shape index (κ2) is 6.11. The van der Waals surface area contributed by atoms with Crippen LogP contribution in [0.3, 0.4) is 0 Å². The van der Waals surface area contributed by atoms with Crippen LogP contribution in [0.15, 0.2) is 23.1 Å². The molecule has 1 aliphatic rings. The molecule has 1 aromatic carbocycles. The summed E-state index contributed by atoms with van der Waals surface area (Å²) in [7, 11) is -3.68. The fraction of sp³-hybridized carbons (Fsp3) is 0.571. The summed E-state index contributed by atoms with van der Waals surface area (Å²) in [6.45, 7) is 4.59. The van der Waals surface area contributed by atoms with E-state index in [1.807, 2.05) is 6.07 Å². The summed E-state index contributed by atoms with van der Waals surface area (Å²) >= 11 is 0. The summed E-state index contributed by atoms with van der Waals surface area (Å²) in [6.07, 6.45) is 3.14. The topological polar surface area (TPSA) is 81.4 Å². The van der Waals surface area contributed by atoms with E-state index in [4.69, 9.17) is 9.88 Å². The van der Waals surface area contributed by atoms with Crippen molar-refractivity contribution in [3.63, 3.8) is 0 Å². The highest BCUT2D eigenvalue weighted by molar-refractivity contribution is 7.89. The standard InChI is InChI=1S/C14H22N2O3S/c1-3-13-8-12(6-7-19-13)16-11-5-4-10(2)14(9-11)20(15,17)18/h4-5,9,12-13,16H,3,6-8H2,1-2H3,(H2,15,17,18). The van der Waals surface area contributed by atoms with Crippen molar-refractivity contribution < 1.29 is 13.2 Å². The van der Waals surface area contributed by atoms with Gasteiger partial charge in [0.2, 0.25) is 10.0 Å². The summed E-state index contributed by atoms with van der Waals surface area (Å²) in [5.41, 5.74) is 1.46. The van der Waals surface area contributed by atoms with E-state index >= 15 is 0 Å². The van der Waals surface area contributed by atoms with Crippen molar-refractivity contribution in [2.75, 3.05) is 11.9 Å². The third-order valence-electron chi connectivity index (χ3n) is 3.69. The van der Waals surface area contributed by atoms with E-state index in [1.165, 1.54) is 0 Å². The van der Waals surface area contributed by atoms with Crippen LogP contribution in [0.5, 0.6) is 0 Å². The monoisotopic (exact) mass is 298 g/mol. The van der Waals surface area contributed by atoms with Crippen molar-refractivity contribution in [3.05, 3.63) is 23.8 Å². The van der Waals surface area contributed by atoms with Crippen molar-refractivity contribution in [1.29, 1.82) is 0 Å². The van der Waals surface area contributed by atoms with Gasteiger partial charge in [0.05, 0.1) is 11.0 Å². The number of anilines is 1. The van der Waals surface area contributed by atoms with Crippen LogP contribution in [0.4, 0.5) is 5.69 Å². The SMILES string of the molecule is CCC1CC(Nc2ccc(C)c(S(N)(=O)=O)c2)CCO1. The van der Waals surface area contributed by atoms with Crippen LogP contribution in [-0.2, 0) is 14.8 Å². The molecule has 3 N–H and O–H groups in total. The van der Waals surface area contributed by atoms with Crippen LogP contribution in [0, 0.1) is 6.92 Å². The number of nitrogens with two attached hydrogens (primary N) is 1. The summed E-state index contributed by atoms with van der Waals surface area (Å²) < 4.78 is 28.7. The van der Waals surface area contributed by atoms with Crippen molar-refractivity contribution in [2.24, 2.45) is 5.14 Å². The predicted molar refractivity (Wildman–Crippen MR) is 79.2 cm³/mol. The van der Waals surface area contributed by atoms with Gasteiger partial charge >= 0.3 is 0 Å². The Balaban J connectivity index is 2.14. The Morgan fingerprint density at radius 3 is 2.85 bits per heavy atom. The van der Waals surface area contributed by atoms with Crippen LogP contribution in [0.2, 0.25) is 0 Å². The zero-order valence-electron chi connectivity index (χ0n) is 11.9. The van der Waals surface area contributed by atoms with E-state index in [-0.39, 0.29) is 11.0 Å². The Labute approximate surface area is 120 Å². The molecule has 2 rings (SSSR count). The Morgan fingerprint density at radius 1 is 1.45 bits per heavy atom. The largest absolute Gasteiger partial charge is 0.382 e. The molecule has 0 aliphatic carbocycles. The van der Waals surface area contributed by atoms with Gasteiger partial charge in [0.25, 0.3) is 0 Å². The van der Waals surface area contributed by atoms with Gasteiger partial charge in [-0.15, -0.1) is 0 Å². The maximum Gasteiger partial charge on any atom is 0.238 e. The van der Waals surface area contributed by atoms with E-state index in [9.17, 15) is 8.42 Å². The van der Waals surface area contributed by atoms with E-state index in [0.717, 1.165) is 31.6 Å². The highest BCUT2D eigenvalue weighted by Gasteiger charge is 2.21. The van der Waals surface area contributed by atoms with Crippen LogP contribution in [-0.4, -0.2) is 27.2 Å². The molecular weight excluding hydrogens is 276 g/mol. The molecule has 0 saturated carbocycles. The number of hydrogen-bond donors (Lipinski definition) is 2. The van der Waals surface area contributed by atoms with Crippen LogP contribution >= 0.6 is 0 Å². The molecule has 0 radical (unpaired) electrons. The number of nitrogens with one attached hydrogen (secondary N) is 1. The Bertz CT molecular complexity index is 572. The fourth-order valence-electron chi connectivity index (χ4n) is 2.53. The number of rotatable bonds is 4. The van der Waals surface area contributed by atoms with Crippen molar-refractivity contribution in [2.45, 2.75) is 50.2 Å². The lowest BCUT2D eigenvalue weighted by Crippen LogP contribution is -2.33. The Morgan fingerprint density at radius 2 is 2.20 bits per heavy atom. The van der Waals surface area contributed by atoms with E-state index < -0.39 is 10.0 Å². The lowest BCUT2D eigenvalue weighted by atomic mass is 10.0. The number of sulfonamides is 1. The van der Waals surface area contributed by atoms with Gasteiger partial charge in [-0.05, 0) is 43.9 Å². The minimum Gasteiger partial charge on any atom is -0.382 e. The zero-order valence-corrected chi connectivity index (χ0v) is 12.7. The Kier molecular flexibility index (Phi) is 4.67. The lowest BCUT2D eigenvalue weighted by Gasteiger charge is -2.30. The first kappa shape index (κ1) is 15.3. The van der Waals surface area contributed by atoms with Crippen LogP contribution in [0.25, 0.3) is 0 Å². The number of benzene rings is 1. The number of hydrogen-bond acceptors (Lipinski definition) is 4. The number of primary sulfonamides is 1. The van der Waals surface area contributed by atoms with Crippen LogP contribution < -0.4 is 10.5 Å². The van der Waals surface area contributed by atoms with Gasteiger partial charge in [-0.2, -0.15) is 0 Å². The first-order chi connectivity index (χ1) is 9.40. The first-order valence-corrected chi connectivity index (χ1v) is 8.46. The van der Waals surface area contributed by atoms with Gasteiger partial charge in [-0.25, -0.2) is 13.6 Å². The van der Waals surface area contributed by atoms with E-state index in [2.05, 4.69) is 12.2 Å². The van der Waals surface area contributed by atoms with E-state index in [0.29, 0.717) is 11.6 Å². The van der Waals surface area contributed by atoms with Crippen molar-refractivity contribution >= 4 is 15.7 Å². The molecule has 1 heterocycles. The maximum absolute atomic E-state index is 11.5. The van der Waals surface area contributed by atoms with Gasteiger partial charge in [0.1, 0.15) is 0 Å². The van der Waals surface area contributed by atoms with Gasteiger partial charge < -0.3 is 10.1 Å². The normalized spacial score (nSPS) is 23.6. The molecule has 0 spiro atoms. The molecule has 0 bridgehead atoms. The molecule has 1 saturated heterocycles. The molecular formula is C14H22N2O3S. The Hall–Kier alpha value is -1.11. The molecule has 0 aromatic heterocycles. The highest BCUT2D eigenvalue weighted by Crippen LogP contribution is 2.23. The summed E-state index contributed by atoms with van der Waals surface area (Å²) in [6, 6.07) is 5.59. The molecule has 112 valence electrons. The molecule has 2 atom stereocenters. The molecule has 1 aliphatic heterocycles.